The number of H-pyrrole nitrogens is 2. The molecule has 0 radical (unpaired) electrons. The molecule has 2 unspecified atom stereocenters. The molecular formula is C25H38N6O8S. The molecule has 2 aliphatic rings. The largest absolute Gasteiger partial charge is 0.462 e. The first-order chi connectivity index (χ1) is 19.3. The summed E-state index contributed by atoms with van der Waals surface area (Å²) < 4.78 is 20.0. The van der Waals surface area contributed by atoms with E-state index < -0.39 is 23.1 Å². The molecule has 0 bridgehead atoms. The fraction of sp³-hybridized carbons (Fsp3) is 0.600. The number of thioether (sulfide) groups is 1. The number of anilines is 1. The molecule has 0 saturated carbocycles. The Morgan fingerprint density at radius 1 is 0.975 bits per heavy atom. The van der Waals surface area contributed by atoms with Gasteiger partial charge in [-0.1, -0.05) is 11.8 Å². The van der Waals surface area contributed by atoms with Crippen LogP contribution in [0, 0.1) is 0 Å². The highest BCUT2D eigenvalue weighted by Crippen LogP contribution is 2.12. The molecule has 2 saturated heterocycles. The Balaban J connectivity index is 0.000000233. The van der Waals surface area contributed by atoms with Crippen LogP contribution >= 0.6 is 11.8 Å². The van der Waals surface area contributed by atoms with Crippen molar-refractivity contribution >= 4 is 29.6 Å². The zero-order chi connectivity index (χ0) is 29.3. The van der Waals surface area contributed by atoms with Gasteiger partial charge in [-0.3, -0.25) is 14.6 Å². The molecule has 14 nitrogen and oxygen atoms in total. The minimum Gasteiger partial charge on any atom is -0.462 e. The summed E-state index contributed by atoms with van der Waals surface area (Å²) in [5.74, 6) is -0.982. The number of rotatable bonds is 9. The van der Waals surface area contributed by atoms with E-state index in [2.05, 4.69) is 30.0 Å². The fourth-order valence-corrected chi connectivity index (χ4v) is 3.87. The Bertz CT molecular complexity index is 1180. The number of hydrogen-bond acceptors (Lipinski definition) is 13. The maximum atomic E-state index is 11.7. The molecule has 4 heterocycles. The van der Waals surface area contributed by atoms with Crippen molar-refractivity contribution in [1.29, 1.82) is 0 Å². The number of esters is 2. The number of ether oxygens (including phenoxy) is 4. The Morgan fingerprint density at radius 3 is 1.95 bits per heavy atom. The van der Waals surface area contributed by atoms with Gasteiger partial charge in [0.05, 0.1) is 31.6 Å². The highest BCUT2D eigenvalue weighted by molar-refractivity contribution is 7.98. The molecule has 0 spiro atoms. The van der Waals surface area contributed by atoms with Crippen LogP contribution in [0.25, 0.3) is 0 Å². The number of nitrogens with zero attached hydrogens (tertiary/aromatic N) is 2. The van der Waals surface area contributed by atoms with Crippen molar-refractivity contribution in [2.24, 2.45) is 5.73 Å². The molecule has 15 heteroatoms. The number of aromatic amines is 2. The Kier molecular flexibility index (Phi) is 14.9. The summed E-state index contributed by atoms with van der Waals surface area (Å²) in [5, 5.41) is 3.46. The highest BCUT2D eigenvalue weighted by Gasteiger charge is 2.17. The molecule has 2 aromatic heterocycles. The predicted molar refractivity (Wildman–Crippen MR) is 149 cm³/mol. The van der Waals surface area contributed by atoms with Gasteiger partial charge in [-0.25, -0.2) is 19.6 Å². The zero-order valence-electron chi connectivity index (χ0n) is 23.0. The van der Waals surface area contributed by atoms with Gasteiger partial charge >= 0.3 is 11.9 Å². The lowest BCUT2D eigenvalue weighted by molar-refractivity contribution is 0.0514. The number of carbonyl (C=O) groups excluding carboxylic acids is 2. The lowest BCUT2D eigenvalue weighted by atomic mass is 10.2. The van der Waals surface area contributed by atoms with Gasteiger partial charge in [0, 0.05) is 32.5 Å². The van der Waals surface area contributed by atoms with E-state index in [4.69, 9.17) is 19.9 Å². The summed E-state index contributed by atoms with van der Waals surface area (Å²) in [7, 11) is 0. The van der Waals surface area contributed by atoms with Crippen molar-refractivity contribution in [3.8, 4) is 0 Å². The van der Waals surface area contributed by atoms with E-state index in [9.17, 15) is 19.2 Å². The average Bonchev–Trinajstić information content (AvgIpc) is 3.67. The second-order valence-corrected chi connectivity index (χ2v) is 9.23. The third kappa shape index (κ3) is 11.1. The number of nitrogens with one attached hydrogen (secondary N) is 3. The second-order valence-electron chi connectivity index (χ2n) is 8.44. The zero-order valence-corrected chi connectivity index (χ0v) is 23.8. The lowest BCUT2D eigenvalue weighted by Gasteiger charge is -2.10. The summed E-state index contributed by atoms with van der Waals surface area (Å²) >= 11 is 1.30. The molecule has 2 aliphatic heterocycles. The van der Waals surface area contributed by atoms with Crippen molar-refractivity contribution in [2.45, 2.75) is 56.9 Å². The number of hydrogen-bond donors (Lipinski definition) is 4. The van der Waals surface area contributed by atoms with E-state index in [-0.39, 0.29) is 30.4 Å². The quantitative estimate of drug-likeness (QED) is 0.188. The van der Waals surface area contributed by atoms with E-state index in [0.717, 1.165) is 32.5 Å². The third-order valence-corrected chi connectivity index (χ3v) is 6.16. The molecule has 0 aliphatic carbocycles. The topological polar surface area (TPSA) is 201 Å². The van der Waals surface area contributed by atoms with Crippen molar-refractivity contribution in [3.63, 3.8) is 0 Å². The van der Waals surface area contributed by atoms with Gasteiger partial charge in [-0.05, 0) is 45.8 Å². The van der Waals surface area contributed by atoms with E-state index in [1.54, 1.807) is 20.1 Å². The van der Waals surface area contributed by atoms with Crippen LogP contribution in [-0.2, 0) is 18.9 Å². The van der Waals surface area contributed by atoms with E-state index in [0.29, 0.717) is 30.3 Å². The van der Waals surface area contributed by atoms with Gasteiger partial charge < -0.3 is 35.0 Å². The van der Waals surface area contributed by atoms with Crippen LogP contribution in [0.1, 0.15) is 60.2 Å². The third-order valence-electron chi connectivity index (χ3n) is 5.57. The maximum Gasteiger partial charge on any atom is 0.345 e. The number of aromatic nitrogens is 4. The van der Waals surface area contributed by atoms with Gasteiger partial charge in [-0.15, -0.1) is 0 Å². The molecule has 0 amide bonds. The van der Waals surface area contributed by atoms with Crippen LogP contribution < -0.4 is 22.2 Å². The summed E-state index contributed by atoms with van der Waals surface area (Å²) in [5.41, 5.74) is 4.17. The first kappa shape index (κ1) is 32.9. The van der Waals surface area contributed by atoms with Crippen LogP contribution in [0.15, 0.2) is 27.1 Å². The summed E-state index contributed by atoms with van der Waals surface area (Å²) in [6.07, 6.45) is 9.16. The van der Waals surface area contributed by atoms with E-state index >= 15 is 0 Å². The smallest absolute Gasteiger partial charge is 0.345 e. The monoisotopic (exact) mass is 582 g/mol. The van der Waals surface area contributed by atoms with Gasteiger partial charge in [0.2, 0.25) is 5.95 Å². The van der Waals surface area contributed by atoms with Gasteiger partial charge in [0.15, 0.2) is 5.16 Å². The fourth-order valence-electron chi connectivity index (χ4n) is 3.52. The van der Waals surface area contributed by atoms with Gasteiger partial charge in [-0.2, -0.15) is 0 Å². The van der Waals surface area contributed by atoms with Crippen LogP contribution in [-0.4, -0.2) is 89.9 Å². The summed E-state index contributed by atoms with van der Waals surface area (Å²) in [4.78, 5) is 58.4. The molecular weight excluding hydrogens is 544 g/mol. The molecule has 0 aromatic carbocycles. The van der Waals surface area contributed by atoms with Crippen LogP contribution in [0.5, 0.6) is 0 Å². The Morgan fingerprint density at radius 2 is 1.52 bits per heavy atom. The minimum atomic E-state index is -0.665. The average molecular weight is 583 g/mol. The maximum absolute atomic E-state index is 11.7. The Labute approximate surface area is 236 Å². The summed E-state index contributed by atoms with van der Waals surface area (Å²) in [6, 6.07) is 0. The second kappa shape index (κ2) is 18.1. The normalized spacial score (nSPS) is 17.6. The first-order valence-electron chi connectivity index (χ1n) is 13.1. The van der Waals surface area contributed by atoms with Crippen LogP contribution in [0.3, 0.4) is 0 Å². The molecule has 40 heavy (non-hydrogen) atoms. The van der Waals surface area contributed by atoms with Gasteiger partial charge in [0.25, 0.3) is 11.1 Å². The lowest BCUT2D eigenvalue weighted by Crippen LogP contribution is -2.24. The number of nitrogens with two attached hydrogens (primary N) is 1. The molecule has 2 fully saturated rings. The van der Waals surface area contributed by atoms with Crippen molar-refractivity contribution in [2.75, 3.05) is 51.1 Å². The van der Waals surface area contributed by atoms with Crippen molar-refractivity contribution in [3.05, 3.63) is 44.2 Å². The predicted octanol–water partition coefficient (Wildman–Crippen LogP) is 1.33. The van der Waals surface area contributed by atoms with E-state index in [1.807, 2.05) is 0 Å². The molecule has 2 atom stereocenters. The number of carbonyl (C=O) groups is 2. The minimum absolute atomic E-state index is 0.0651. The van der Waals surface area contributed by atoms with Gasteiger partial charge in [0.1, 0.15) is 11.1 Å². The van der Waals surface area contributed by atoms with Crippen molar-refractivity contribution in [1.82, 2.24) is 19.9 Å². The van der Waals surface area contributed by atoms with E-state index in [1.165, 1.54) is 30.6 Å². The van der Waals surface area contributed by atoms with Crippen LogP contribution in [0.4, 0.5) is 5.95 Å². The molecule has 4 rings (SSSR count). The molecule has 222 valence electrons. The standard InChI is InChI=1S/C12H17N3O4.C8H10N2O3S.C5H11NO/c1-2-18-11(17)9-7-14-12(15-10(9)16)13-6-8-4-3-5-19-8;1-3-13-7(12)5-4-9-8(14-2)10-6(5)11;6-4-5-2-1-3-7-5/h7-8H,2-6H2,1H3,(H2,13,14,15,16);4H,3H2,1-2H3,(H,9,10,11);5H,1-4,6H2. The molecule has 5 N–H and O–H groups in total. The highest BCUT2D eigenvalue weighted by atomic mass is 32.2. The Hall–Kier alpha value is -3.27. The van der Waals surface area contributed by atoms with Crippen LogP contribution in [0.2, 0.25) is 0 Å². The van der Waals surface area contributed by atoms with Crippen molar-refractivity contribution < 1.29 is 28.5 Å². The first-order valence-corrected chi connectivity index (χ1v) is 14.3. The molecule has 2 aromatic rings. The summed E-state index contributed by atoms with van der Waals surface area (Å²) in [6.45, 7) is 6.79. The SMILES string of the molecule is CCOC(=O)c1cnc(NCC2CCCO2)[nH]c1=O.CCOC(=O)c1cnc(SC)[nH]c1=O.NCC1CCCO1.